The molecule has 2 aromatic carbocycles. The average Bonchev–Trinajstić information content (AvgIpc) is 3.31. The Morgan fingerprint density at radius 2 is 1.79 bits per heavy atom. The third kappa shape index (κ3) is 5.26. The van der Waals surface area contributed by atoms with Crippen LogP contribution in [0.25, 0.3) is 5.69 Å². The third-order valence-corrected chi connectivity index (χ3v) is 7.02. The standard InChI is InChI=1S/C25H29FN4O3S/c1-17(29-13-5-4-6-14-29)24-27-28-25(30(24)19-9-7-18(26)8-10-19)34-16-22(31)21-15-20(32-2)11-12-23(21)33-3/h7-12,15,17H,4-6,13-14,16H2,1-3H3. The molecule has 1 aromatic heterocycles. The van der Waals surface area contributed by atoms with Gasteiger partial charge in [-0.2, -0.15) is 0 Å². The van der Waals surface area contributed by atoms with E-state index in [1.54, 1.807) is 37.4 Å². The monoisotopic (exact) mass is 484 g/mol. The summed E-state index contributed by atoms with van der Waals surface area (Å²) in [5.74, 6) is 1.58. The molecule has 34 heavy (non-hydrogen) atoms. The van der Waals surface area contributed by atoms with Crippen molar-refractivity contribution in [2.24, 2.45) is 0 Å². The maximum atomic E-state index is 13.6. The molecule has 0 saturated carbocycles. The number of piperidine rings is 1. The van der Waals surface area contributed by atoms with Gasteiger partial charge in [-0.15, -0.1) is 10.2 Å². The molecule has 0 N–H and O–H groups in total. The molecule has 1 aliphatic rings. The van der Waals surface area contributed by atoms with Crippen LogP contribution < -0.4 is 9.47 Å². The highest BCUT2D eigenvalue weighted by molar-refractivity contribution is 7.99. The van der Waals surface area contributed by atoms with Crippen molar-refractivity contribution >= 4 is 17.5 Å². The lowest BCUT2D eigenvalue weighted by Gasteiger charge is -2.31. The van der Waals surface area contributed by atoms with Crippen LogP contribution in [0.1, 0.15) is 48.4 Å². The van der Waals surface area contributed by atoms with Gasteiger partial charge in [-0.3, -0.25) is 14.3 Å². The number of Topliss-reactive ketones (excluding diaryl/α,β-unsaturated/α-hetero) is 1. The van der Waals surface area contributed by atoms with Gasteiger partial charge in [0.15, 0.2) is 16.8 Å². The molecule has 1 atom stereocenters. The predicted molar refractivity (Wildman–Crippen MR) is 130 cm³/mol. The summed E-state index contributed by atoms with van der Waals surface area (Å²) in [5.41, 5.74) is 1.21. The number of methoxy groups -OCH3 is 2. The SMILES string of the molecule is COc1ccc(OC)c(C(=O)CSc2nnc(C(C)N3CCCCC3)n2-c2ccc(F)cc2)c1. The number of ether oxygens (including phenoxy) is 2. The number of carbonyl (C=O) groups excluding carboxylic acids is 1. The van der Waals surface area contributed by atoms with Gasteiger partial charge in [-0.25, -0.2) is 4.39 Å². The number of rotatable bonds is 9. The second kappa shape index (κ2) is 11.0. The minimum Gasteiger partial charge on any atom is -0.497 e. The average molecular weight is 485 g/mol. The summed E-state index contributed by atoms with van der Waals surface area (Å²) in [6.07, 6.45) is 3.56. The van der Waals surface area contributed by atoms with Gasteiger partial charge in [0.05, 0.1) is 31.6 Å². The predicted octanol–water partition coefficient (Wildman–Crippen LogP) is 4.95. The summed E-state index contributed by atoms with van der Waals surface area (Å²) in [5, 5.41) is 9.51. The second-order valence-electron chi connectivity index (χ2n) is 8.20. The van der Waals surface area contributed by atoms with Crippen LogP contribution in [0.5, 0.6) is 11.5 Å². The van der Waals surface area contributed by atoms with E-state index in [0.717, 1.165) is 37.4 Å². The zero-order chi connectivity index (χ0) is 24.1. The van der Waals surface area contributed by atoms with Crippen molar-refractivity contribution in [2.75, 3.05) is 33.1 Å². The molecule has 4 rings (SSSR count). The number of benzene rings is 2. The lowest BCUT2D eigenvalue weighted by Crippen LogP contribution is -2.33. The molecule has 1 saturated heterocycles. The third-order valence-electron chi connectivity index (χ3n) is 6.09. The Bertz CT molecular complexity index is 1130. The fourth-order valence-electron chi connectivity index (χ4n) is 4.19. The van der Waals surface area contributed by atoms with Crippen molar-refractivity contribution in [1.29, 1.82) is 0 Å². The van der Waals surface area contributed by atoms with E-state index >= 15 is 0 Å². The van der Waals surface area contributed by atoms with E-state index in [9.17, 15) is 9.18 Å². The summed E-state index contributed by atoms with van der Waals surface area (Å²) in [6.45, 7) is 4.14. The first-order chi connectivity index (χ1) is 16.5. The molecule has 1 aliphatic heterocycles. The quantitative estimate of drug-likeness (QED) is 0.315. The van der Waals surface area contributed by atoms with Gasteiger partial charge in [-0.05, 0) is 75.3 Å². The number of aromatic nitrogens is 3. The molecule has 0 amide bonds. The van der Waals surface area contributed by atoms with Crippen molar-refractivity contribution < 1.29 is 18.7 Å². The topological polar surface area (TPSA) is 69.5 Å². The lowest BCUT2D eigenvalue weighted by atomic mass is 10.1. The van der Waals surface area contributed by atoms with E-state index in [1.807, 2.05) is 4.57 Å². The summed E-state index contributed by atoms with van der Waals surface area (Å²) in [7, 11) is 3.09. The van der Waals surface area contributed by atoms with Crippen LogP contribution in [0.15, 0.2) is 47.6 Å². The minimum absolute atomic E-state index is 0.0429. The Labute approximate surface area is 203 Å². The molecular formula is C25H29FN4O3S. The Balaban J connectivity index is 1.62. The molecule has 0 aliphatic carbocycles. The van der Waals surface area contributed by atoms with Crippen molar-refractivity contribution in [2.45, 2.75) is 37.4 Å². The van der Waals surface area contributed by atoms with Gasteiger partial charge in [0.1, 0.15) is 17.3 Å². The van der Waals surface area contributed by atoms with E-state index in [1.165, 1.54) is 37.4 Å². The first kappa shape index (κ1) is 24.2. The van der Waals surface area contributed by atoms with Crippen molar-refractivity contribution in [3.63, 3.8) is 0 Å². The second-order valence-corrected chi connectivity index (χ2v) is 9.15. The molecule has 9 heteroatoms. The van der Waals surface area contributed by atoms with Crippen LogP contribution in [0.3, 0.4) is 0 Å². The molecule has 0 spiro atoms. The van der Waals surface area contributed by atoms with Crippen LogP contribution in [-0.4, -0.2) is 58.5 Å². The van der Waals surface area contributed by atoms with Crippen LogP contribution in [0, 0.1) is 5.82 Å². The number of nitrogens with zero attached hydrogens (tertiary/aromatic N) is 4. The summed E-state index contributed by atoms with van der Waals surface area (Å²) in [4.78, 5) is 15.5. The van der Waals surface area contributed by atoms with Gasteiger partial charge in [0, 0.05) is 5.69 Å². The number of hydrogen-bond acceptors (Lipinski definition) is 7. The van der Waals surface area contributed by atoms with Crippen molar-refractivity contribution in [3.8, 4) is 17.2 Å². The Kier molecular flexibility index (Phi) is 7.84. The maximum absolute atomic E-state index is 13.6. The number of thioether (sulfide) groups is 1. The lowest BCUT2D eigenvalue weighted by molar-refractivity contribution is 0.101. The maximum Gasteiger partial charge on any atom is 0.196 e. The van der Waals surface area contributed by atoms with Crippen molar-refractivity contribution in [3.05, 3.63) is 59.7 Å². The number of halogens is 1. The van der Waals surface area contributed by atoms with Crippen molar-refractivity contribution in [1.82, 2.24) is 19.7 Å². The van der Waals surface area contributed by atoms with Crippen LogP contribution in [0.2, 0.25) is 0 Å². The van der Waals surface area contributed by atoms with Gasteiger partial charge in [0.2, 0.25) is 0 Å². The first-order valence-corrected chi connectivity index (χ1v) is 12.3. The summed E-state index contributed by atoms with van der Waals surface area (Å²) < 4.78 is 26.2. The van der Waals surface area contributed by atoms with Crippen LogP contribution in [0.4, 0.5) is 4.39 Å². The van der Waals surface area contributed by atoms with Crippen LogP contribution in [-0.2, 0) is 0 Å². The number of carbonyl (C=O) groups is 1. The molecule has 0 bridgehead atoms. The van der Waals surface area contributed by atoms with Crippen LogP contribution >= 0.6 is 11.8 Å². The Morgan fingerprint density at radius 3 is 2.47 bits per heavy atom. The Hall–Kier alpha value is -2.91. The van der Waals surface area contributed by atoms with E-state index in [-0.39, 0.29) is 23.4 Å². The van der Waals surface area contributed by atoms with Gasteiger partial charge < -0.3 is 9.47 Å². The molecule has 1 unspecified atom stereocenters. The fourth-order valence-corrected chi connectivity index (χ4v) is 5.03. The first-order valence-electron chi connectivity index (χ1n) is 11.3. The van der Waals surface area contributed by atoms with E-state index in [0.29, 0.717) is 22.2 Å². The van der Waals surface area contributed by atoms with Gasteiger partial charge in [-0.1, -0.05) is 18.2 Å². The zero-order valence-corrected chi connectivity index (χ0v) is 20.5. The Morgan fingerprint density at radius 1 is 1.06 bits per heavy atom. The van der Waals surface area contributed by atoms with Gasteiger partial charge in [0.25, 0.3) is 0 Å². The summed E-state index contributed by atoms with van der Waals surface area (Å²) in [6, 6.07) is 11.5. The molecule has 0 radical (unpaired) electrons. The largest absolute Gasteiger partial charge is 0.497 e. The summed E-state index contributed by atoms with van der Waals surface area (Å²) >= 11 is 1.30. The molecule has 7 nitrogen and oxygen atoms in total. The minimum atomic E-state index is -0.308. The molecule has 180 valence electrons. The normalized spacial score (nSPS) is 15.2. The van der Waals surface area contributed by atoms with E-state index < -0.39 is 0 Å². The van der Waals surface area contributed by atoms with Gasteiger partial charge >= 0.3 is 0 Å². The number of hydrogen-bond donors (Lipinski definition) is 0. The molecule has 3 aromatic rings. The fraction of sp³-hybridized carbons (Fsp3) is 0.400. The highest BCUT2D eigenvalue weighted by atomic mass is 32.2. The van der Waals surface area contributed by atoms with E-state index in [2.05, 4.69) is 22.0 Å². The highest BCUT2D eigenvalue weighted by Gasteiger charge is 2.26. The van der Waals surface area contributed by atoms with E-state index in [4.69, 9.17) is 9.47 Å². The zero-order valence-electron chi connectivity index (χ0n) is 19.7. The molecular weight excluding hydrogens is 455 g/mol. The highest BCUT2D eigenvalue weighted by Crippen LogP contribution is 2.31. The molecule has 2 heterocycles. The number of ketones is 1. The molecule has 1 fully saturated rings. The number of likely N-dealkylation sites (tertiary alicyclic amines) is 1. The smallest absolute Gasteiger partial charge is 0.196 e.